The van der Waals surface area contributed by atoms with Crippen molar-refractivity contribution in [3.05, 3.63) is 23.0 Å². The van der Waals surface area contributed by atoms with Gasteiger partial charge in [-0.2, -0.15) is 0 Å². The van der Waals surface area contributed by atoms with E-state index in [1.54, 1.807) is 6.07 Å². The lowest BCUT2D eigenvalue weighted by atomic mass is 10.0. The van der Waals surface area contributed by atoms with E-state index in [0.717, 1.165) is 13.1 Å². The molecule has 0 fully saturated rings. The lowest BCUT2D eigenvalue weighted by molar-refractivity contribution is 0.0515. The highest BCUT2D eigenvalue weighted by atomic mass is 35.5. The predicted octanol–water partition coefficient (Wildman–Crippen LogP) is 2.40. The molecule has 2 heterocycles. The van der Waals surface area contributed by atoms with Crippen molar-refractivity contribution in [1.29, 1.82) is 0 Å². The molecule has 0 aromatic carbocycles. The van der Waals surface area contributed by atoms with E-state index in [1.807, 2.05) is 36.4 Å². The normalized spacial score (nSPS) is 16.8. The fraction of sp³-hybridized carbons (Fsp3) is 0.545. The van der Waals surface area contributed by atoms with E-state index in [1.165, 1.54) is 0 Å². The number of rotatable bonds is 0. The zero-order valence-electron chi connectivity index (χ0n) is 9.25. The molecule has 1 aromatic rings. The van der Waals surface area contributed by atoms with Gasteiger partial charge in [0.2, 0.25) is 0 Å². The molecule has 0 aliphatic carbocycles. The Morgan fingerprint density at radius 1 is 1.33 bits per heavy atom. The summed E-state index contributed by atoms with van der Waals surface area (Å²) in [6.45, 7) is 7.69. The van der Waals surface area contributed by atoms with E-state index in [-0.39, 0.29) is 11.4 Å². The molecular formula is C11H15ClN2O. The van der Waals surface area contributed by atoms with Gasteiger partial charge in [-0.1, -0.05) is 11.6 Å². The van der Waals surface area contributed by atoms with Crippen LogP contribution in [0.1, 0.15) is 31.3 Å². The molecule has 1 aromatic heterocycles. The Kier molecular flexibility index (Phi) is 2.30. The van der Waals surface area contributed by atoms with E-state index in [4.69, 9.17) is 11.6 Å². The van der Waals surface area contributed by atoms with Gasteiger partial charge in [0.1, 0.15) is 5.69 Å². The van der Waals surface area contributed by atoms with Crippen molar-refractivity contribution in [1.82, 2.24) is 9.47 Å². The molecule has 0 saturated heterocycles. The van der Waals surface area contributed by atoms with Gasteiger partial charge < -0.3 is 9.47 Å². The molecule has 0 bridgehead atoms. The second kappa shape index (κ2) is 3.27. The maximum absolute atomic E-state index is 12.2. The summed E-state index contributed by atoms with van der Waals surface area (Å²) in [6.07, 6.45) is 1.87. The highest BCUT2D eigenvalue weighted by Crippen LogP contribution is 2.26. The van der Waals surface area contributed by atoms with Gasteiger partial charge in [-0.15, -0.1) is 0 Å². The number of nitrogens with zero attached hydrogens (tertiary/aromatic N) is 2. The van der Waals surface area contributed by atoms with Crippen LogP contribution in [0, 0.1) is 0 Å². The standard InChI is InChI=1S/C11H15ClN2O/c1-11(2,3)14-7-6-13-5-4-8(12)9(13)10(14)15/h4-5H,6-7H2,1-3H3. The van der Waals surface area contributed by atoms with E-state index in [0.29, 0.717) is 10.7 Å². The molecule has 0 spiro atoms. The molecule has 1 aliphatic rings. The van der Waals surface area contributed by atoms with Crippen LogP contribution in [0.5, 0.6) is 0 Å². The van der Waals surface area contributed by atoms with Crippen molar-refractivity contribution in [3.8, 4) is 0 Å². The molecule has 1 aliphatic heterocycles. The Labute approximate surface area is 94.6 Å². The van der Waals surface area contributed by atoms with E-state index >= 15 is 0 Å². The molecule has 1 amide bonds. The summed E-state index contributed by atoms with van der Waals surface area (Å²) >= 11 is 6.00. The second-order valence-electron chi connectivity index (χ2n) is 4.83. The summed E-state index contributed by atoms with van der Waals surface area (Å²) in [5.41, 5.74) is 0.480. The quantitative estimate of drug-likeness (QED) is 0.667. The van der Waals surface area contributed by atoms with Crippen LogP contribution < -0.4 is 0 Å². The van der Waals surface area contributed by atoms with Crippen LogP contribution in [0.15, 0.2) is 12.3 Å². The van der Waals surface area contributed by atoms with Crippen LogP contribution in [-0.4, -0.2) is 27.5 Å². The zero-order chi connectivity index (χ0) is 11.2. The van der Waals surface area contributed by atoms with E-state index in [9.17, 15) is 4.79 Å². The molecule has 82 valence electrons. The highest BCUT2D eigenvalue weighted by molar-refractivity contribution is 6.33. The Morgan fingerprint density at radius 2 is 2.00 bits per heavy atom. The third kappa shape index (κ3) is 1.65. The minimum atomic E-state index is -0.143. The molecule has 0 saturated carbocycles. The first-order valence-corrected chi connectivity index (χ1v) is 5.45. The SMILES string of the molecule is CC(C)(C)N1CCn2ccc(Cl)c2C1=O. The summed E-state index contributed by atoms with van der Waals surface area (Å²) in [5.74, 6) is 0.0313. The van der Waals surface area contributed by atoms with Crippen LogP contribution in [0.4, 0.5) is 0 Å². The van der Waals surface area contributed by atoms with Crippen LogP contribution in [0.25, 0.3) is 0 Å². The van der Waals surface area contributed by atoms with Crippen molar-refractivity contribution in [2.75, 3.05) is 6.54 Å². The number of halogens is 1. The monoisotopic (exact) mass is 226 g/mol. The second-order valence-corrected chi connectivity index (χ2v) is 5.24. The first kappa shape index (κ1) is 10.6. The summed E-state index contributed by atoms with van der Waals surface area (Å²) < 4.78 is 1.92. The maximum Gasteiger partial charge on any atom is 0.272 e. The molecule has 0 atom stereocenters. The smallest absolute Gasteiger partial charge is 0.272 e. The van der Waals surface area contributed by atoms with Gasteiger partial charge in [0.05, 0.1) is 5.02 Å². The third-order valence-electron chi connectivity index (χ3n) is 2.74. The average molecular weight is 227 g/mol. The highest BCUT2D eigenvalue weighted by Gasteiger charge is 2.33. The summed E-state index contributed by atoms with van der Waals surface area (Å²) in [7, 11) is 0. The average Bonchev–Trinajstić information content (AvgIpc) is 2.46. The topological polar surface area (TPSA) is 25.2 Å². The van der Waals surface area contributed by atoms with Gasteiger partial charge in [-0.3, -0.25) is 4.79 Å². The minimum absolute atomic E-state index is 0.0313. The summed E-state index contributed by atoms with van der Waals surface area (Å²) in [6, 6.07) is 1.78. The molecular weight excluding hydrogens is 212 g/mol. The van der Waals surface area contributed by atoms with Crippen molar-refractivity contribution in [2.45, 2.75) is 32.9 Å². The Hall–Kier alpha value is -0.960. The van der Waals surface area contributed by atoms with Gasteiger partial charge in [-0.25, -0.2) is 0 Å². The number of carbonyl (C=O) groups is 1. The Bertz CT molecular complexity index is 403. The van der Waals surface area contributed by atoms with Gasteiger partial charge >= 0.3 is 0 Å². The number of hydrogen-bond acceptors (Lipinski definition) is 1. The third-order valence-corrected chi connectivity index (χ3v) is 3.04. The molecule has 2 rings (SSSR count). The summed E-state index contributed by atoms with van der Waals surface area (Å²) in [4.78, 5) is 14.0. The van der Waals surface area contributed by atoms with Crippen LogP contribution in [0.2, 0.25) is 5.02 Å². The summed E-state index contributed by atoms with van der Waals surface area (Å²) in [5, 5.41) is 0.550. The van der Waals surface area contributed by atoms with Crippen LogP contribution in [-0.2, 0) is 6.54 Å². The van der Waals surface area contributed by atoms with Crippen molar-refractivity contribution >= 4 is 17.5 Å². The molecule has 4 heteroatoms. The van der Waals surface area contributed by atoms with Crippen molar-refractivity contribution < 1.29 is 4.79 Å². The Morgan fingerprint density at radius 3 is 2.60 bits per heavy atom. The molecule has 0 radical (unpaired) electrons. The fourth-order valence-electron chi connectivity index (χ4n) is 1.93. The van der Waals surface area contributed by atoms with Crippen LogP contribution in [0.3, 0.4) is 0 Å². The molecule has 15 heavy (non-hydrogen) atoms. The number of amides is 1. The van der Waals surface area contributed by atoms with Gasteiger partial charge in [0.15, 0.2) is 0 Å². The van der Waals surface area contributed by atoms with Crippen molar-refractivity contribution in [3.63, 3.8) is 0 Å². The van der Waals surface area contributed by atoms with E-state index < -0.39 is 0 Å². The molecule has 0 N–H and O–H groups in total. The first-order valence-electron chi connectivity index (χ1n) is 5.08. The molecule has 3 nitrogen and oxygen atoms in total. The number of carbonyl (C=O) groups excluding carboxylic acids is 1. The van der Waals surface area contributed by atoms with E-state index in [2.05, 4.69) is 0 Å². The largest absolute Gasteiger partial charge is 0.340 e. The predicted molar refractivity (Wildman–Crippen MR) is 60.2 cm³/mol. The van der Waals surface area contributed by atoms with Gasteiger partial charge in [-0.05, 0) is 26.8 Å². The minimum Gasteiger partial charge on any atom is -0.340 e. The van der Waals surface area contributed by atoms with Crippen molar-refractivity contribution in [2.24, 2.45) is 0 Å². The lowest BCUT2D eigenvalue weighted by Crippen LogP contribution is -2.50. The first-order chi connectivity index (χ1) is 6.91. The lowest BCUT2D eigenvalue weighted by Gasteiger charge is -2.39. The van der Waals surface area contributed by atoms with Crippen LogP contribution >= 0.6 is 11.6 Å². The Balaban J connectivity index is 2.41. The van der Waals surface area contributed by atoms with Gasteiger partial charge in [0, 0.05) is 24.8 Å². The number of hydrogen-bond donors (Lipinski definition) is 0. The maximum atomic E-state index is 12.2. The number of fused-ring (bicyclic) bond motifs is 1. The van der Waals surface area contributed by atoms with Gasteiger partial charge in [0.25, 0.3) is 5.91 Å². The molecule has 0 unspecified atom stereocenters. The zero-order valence-corrected chi connectivity index (χ0v) is 10.0. The fourth-order valence-corrected chi connectivity index (χ4v) is 2.18. The number of aromatic nitrogens is 1.